The van der Waals surface area contributed by atoms with Crippen LogP contribution in [0.5, 0.6) is 0 Å². The lowest BCUT2D eigenvalue weighted by molar-refractivity contribution is 0.545. The fraction of sp³-hybridized carbons (Fsp3) is 0.538. The van der Waals surface area contributed by atoms with Crippen molar-refractivity contribution in [1.82, 2.24) is 5.32 Å². The highest BCUT2D eigenvalue weighted by atomic mass is 14.9. The Kier molecular flexibility index (Phi) is 8.01. The molecule has 0 atom stereocenters. The van der Waals surface area contributed by atoms with Gasteiger partial charge in [0.15, 0.2) is 0 Å². The van der Waals surface area contributed by atoms with Crippen molar-refractivity contribution in [3.63, 3.8) is 0 Å². The third-order valence-electron chi connectivity index (χ3n) is 1.93. The van der Waals surface area contributed by atoms with Crippen molar-refractivity contribution in [2.45, 2.75) is 33.6 Å². The standard InChI is InChI=1S/C13H23N/c1-5-8-13(9-6-2)14-11-7-10-12(3)4/h5-6,8-9,12,14H,1,7,10-11H2,2-4H3/b9-6-,13-8+. The van der Waals surface area contributed by atoms with E-state index < -0.39 is 0 Å². The quantitative estimate of drug-likeness (QED) is 0.480. The third-order valence-corrected chi connectivity index (χ3v) is 1.93. The number of hydrogen-bond acceptors (Lipinski definition) is 1. The van der Waals surface area contributed by atoms with E-state index in [2.05, 4.69) is 31.8 Å². The molecule has 0 spiro atoms. The first-order chi connectivity index (χ1) is 6.70. The Balaban J connectivity index is 3.72. The molecule has 0 amide bonds. The molecule has 0 aliphatic carbocycles. The fourth-order valence-corrected chi connectivity index (χ4v) is 1.22. The van der Waals surface area contributed by atoms with Gasteiger partial charge in [0.1, 0.15) is 0 Å². The average molecular weight is 193 g/mol. The maximum absolute atomic E-state index is 3.69. The summed E-state index contributed by atoms with van der Waals surface area (Å²) in [6, 6.07) is 0. The molecule has 0 aliphatic rings. The molecular weight excluding hydrogens is 170 g/mol. The first-order valence-electron chi connectivity index (χ1n) is 5.40. The summed E-state index contributed by atoms with van der Waals surface area (Å²) in [6.45, 7) is 11.3. The van der Waals surface area contributed by atoms with E-state index in [4.69, 9.17) is 0 Å². The third kappa shape index (κ3) is 7.66. The van der Waals surface area contributed by atoms with E-state index in [1.165, 1.54) is 12.8 Å². The number of nitrogens with one attached hydrogen (secondary N) is 1. The van der Waals surface area contributed by atoms with Gasteiger partial charge < -0.3 is 5.32 Å². The lowest BCUT2D eigenvalue weighted by Crippen LogP contribution is -2.13. The van der Waals surface area contributed by atoms with Gasteiger partial charge in [0.25, 0.3) is 0 Å². The van der Waals surface area contributed by atoms with Gasteiger partial charge in [0.2, 0.25) is 0 Å². The van der Waals surface area contributed by atoms with Gasteiger partial charge in [-0.15, -0.1) is 0 Å². The number of hydrogen-bond donors (Lipinski definition) is 1. The van der Waals surface area contributed by atoms with E-state index >= 15 is 0 Å². The molecule has 80 valence electrons. The van der Waals surface area contributed by atoms with E-state index in [-0.39, 0.29) is 0 Å². The van der Waals surface area contributed by atoms with Crippen LogP contribution >= 0.6 is 0 Å². The van der Waals surface area contributed by atoms with Crippen molar-refractivity contribution < 1.29 is 0 Å². The van der Waals surface area contributed by atoms with Crippen molar-refractivity contribution in [3.05, 3.63) is 36.6 Å². The maximum Gasteiger partial charge on any atom is 0.0336 e. The van der Waals surface area contributed by atoms with Crippen LogP contribution in [0.1, 0.15) is 33.6 Å². The molecule has 0 fully saturated rings. The van der Waals surface area contributed by atoms with E-state index in [0.717, 1.165) is 18.2 Å². The Morgan fingerprint density at radius 3 is 2.64 bits per heavy atom. The van der Waals surface area contributed by atoms with Gasteiger partial charge in [0, 0.05) is 12.2 Å². The van der Waals surface area contributed by atoms with Gasteiger partial charge in [-0.2, -0.15) is 0 Å². The van der Waals surface area contributed by atoms with Gasteiger partial charge in [-0.25, -0.2) is 0 Å². The van der Waals surface area contributed by atoms with Crippen molar-refractivity contribution in [1.29, 1.82) is 0 Å². The maximum atomic E-state index is 3.69. The molecule has 0 unspecified atom stereocenters. The Bertz CT molecular complexity index is 199. The summed E-state index contributed by atoms with van der Waals surface area (Å²) in [5.41, 5.74) is 1.14. The summed E-state index contributed by atoms with van der Waals surface area (Å²) < 4.78 is 0. The largest absolute Gasteiger partial charge is 0.385 e. The molecule has 0 aliphatic heterocycles. The van der Waals surface area contributed by atoms with E-state index in [1.807, 2.05) is 25.2 Å². The minimum absolute atomic E-state index is 0.797. The molecule has 14 heavy (non-hydrogen) atoms. The summed E-state index contributed by atoms with van der Waals surface area (Å²) in [5.74, 6) is 0.797. The van der Waals surface area contributed by atoms with Crippen LogP contribution in [0.25, 0.3) is 0 Å². The van der Waals surface area contributed by atoms with E-state index in [0.29, 0.717) is 0 Å². The summed E-state index contributed by atoms with van der Waals surface area (Å²) in [6.07, 6.45) is 10.4. The number of rotatable bonds is 7. The Morgan fingerprint density at radius 2 is 2.14 bits per heavy atom. The van der Waals surface area contributed by atoms with Crippen LogP contribution in [0.4, 0.5) is 0 Å². The SMILES string of the molecule is C=C/C=C(\C=C/C)NCCCC(C)C. The van der Waals surface area contributed by atoms with Crippen LogP contribution in [-0.2, 0) is 0 Å². The zero-order valence-corrected chi connectivity index (χ0v) is 9.72. The zero-order chi connectivity index (χ0) is 10.8. The molecule has 0 aromatic heterocycles. The first-order valence-corrected chi connectivity index (χ1v) is 5.40. The van der Waals surface area contributed by atoms with Gasteiger partial charge in [0.05, 0.1) is 0 Å². The molecule has 1 N–H and O–H groups in total. The van der Waals surface area contributed by atoms with Crippen LogP contribution < -0.4 is 5.32 Å². The Labute approximate surface area is 88.6 Å². The van der Waals surface area contributed by atoms with E-state index in [1.54, 1.807) is 0 Å². The molecular formula is C13H23N. The van der Waals surface area contributed by atoms with Crippen LogP contribution in [0, 0.1) is 5.92 Å². The molecule has 0 radical (unpaired) electrons. The molecule has 0 rings (SSSR count). The van der Waals surface area contributed by atoms with Crippen molar-refractivity contribution in [2.75, 3.05) is 6.54 Å². The Morgan fingerprint density at radius 1 is 1.43 bits per heavy atom. The molecule has 1 heteroatoms. The second-order valence-corrected chi connectivity index (χ2v) is 3.82. The summed E-state index contributed by atoms with van der Waals surface area (Å²) in [5, 5.41) is 3.38. The van der Waals surface area contributed by atoms with Crippen molar-refractivity contribution in [2.24, 2.45) is 5.92 Å². The topological polar surface area (TPSA) is 12.0 Å². The summed E-state index contributed by atoms with van der Waals surface area (Å²) >= 11 is 0. The molecule has 0 bridgehead atoms. The van der Waals surface area contributed by atoms with Crippen LogP contribution in [-0.4, -0.2) is 6.54 Å². The average Bonchev–Trinajstić information content (AvgIpc) is 2.12. The van der Waals surface area contributed by atoms with Crippen molar-refractivity contribution in [3.8, 4) is 0 Å². The van der Waals surface area contributed by atoms with Gasteiger partial charge in [-0.1, -0.05) is 32.6 Å². The minimum atomic E-state index is 0.797. The zero-order valence-electron chi connectivity index (χ0n) is 9.72. The van der Waals surface area contributed by atoms with Gasteiger partial charge >= 0.3 is 0 Å². The van der Waals surface area contributed by atoms with Crippen molar-refractivity contribution >= 4 is 0 Å². The molecule has 0 saturated heterocycles. The lowest BCUT2D eigenvalue weighted by Gasteiger charge is -2.08. The minimum Gasteiger partial charge on any atom is -0.385 e. The normalized spacial score (nSPS) is 12.4. The van der Waals surface area contributed by atoms with Crippen LogP contribution in [0.3, 0.4) is 0 Å². The van der Waals surface area contributed by atoms with Gasteiger partial charge in [-0.3, -0.25) is 0 Å². The predicted molar refractivity (Wildman–Crippen MR) is 65.2 cm³/mol. The highest BCUT2D eigenvalue weighted by molar-refractivity contribution is 5.20. The fourth-order valence-electron chi connectivity index (χ4n) is 1.22. The number of allylic oxidation sites excluding steroid dienone is 4. The highest BCUT2D eigenvalue weighted by Crippen LogP contribution is 2.02. The van der Waals surface area contributed by atoms with Gasteiger partial charge in [-0.05, 0) is 37.8 Å². The summed E-state index contributed by atoms with van der Waals surface area (Å²) in [4.78, 5) is 0. The lowest BCUT2D eigenvalue weighted by atomic mass is 10.1. The monoisotopic (exact) mass is 193 g/mol. The van der Waals surface area contributed by atoms with Crippen LogP contribution in [0.15, 0.2) is 36.6 Å². The smallest absolute Gasteiger partial charge is 0.0336 e. The summed E-state index contributed by atoms with van der Waals surface area (Å²) in [7, 11) is 0. The molecule has 0 aromatic carbocycles. The molecule has 0 heterocycles. The van der Waals surface area contributed by atoms with Crippen LogP contribution in [0.2, 0.25) is 0 Å². The van der Waals surface area contributed by atoms with E-state index in [9.17, 15) is 0 Å². The Hall–Kier alpha value is -0.980. The first kappa shape index (κ1) is 13.0. The second kappa shape index (κ2) is 8.61. The highest BCUT2D eigenvalue weighted by Gasteiger charge is 1.94. The molecule has 0 saturated carbocycles. The predicted octanol–water partition coefficient (Wildman–Crippen LogP) is 3.66. The molecule has 0 aromatic rings. The molecule has 1 nitrogen and oxygen atoms in total. The second-order valence-electron chi connectivity index (χ2n) is 3.82.